The van der Waals surface area contributed by atoms with E-state index in [1.807, 2.05) is 23.5 Å². The van der Waals surface area contributed by atoms with Gasteiger partial charge in [-0.15, -0.1) is 0 Å². The Hall–Kier alpha value is 0.170. The maximum atomic E-state index is 4.61. The molecule has 2 rings (SSSR count). The summed E-state index contributed by atoms with van der Waals surface area (Å²) in [6.07, 6.45) is 9.05. The van der Waals surface area contributed by atoms with Gasteiger partial charge in [0.15, 0.2) is 5.17 Å². The second-order valence-electron chi connectivity index (χ2n) is 4.43. The van der Waals surface area contributed by atoms with Crippen molar-refractivity contribution in [3.05, 3.63) is 0 Å². The zero-order chi connectivity index (χ0) is 10.6. The fourth-order valence-electron chi connectivity index (χ4n) is 2.33. The lowest BCUT2D eigenvalue weighted by molar-refractivity contribution is 0.303. The van der Waals surface area contributed by atoms with E-state index in [9.17, 15) is 0 Å². The van der Waals surface area contributed by atoms with E-state index >= 15 is 0 Å². The van der Waals surface area contributed by atoms with Gasteiger partial charge in [-0.05, 0) is 19.1 Å². The lowest BCUT2D eigenvalue weighted by Crippen LogP contribution is -2.45. The number of hydrogen-bond acceptors (Lipinski definition) is 3. The van der Waals surface area contributed by atoms with Gasteiger partial charge in [-0.2, -0.15) is 11.8 Å². The molecule has 1 aliphatic heterocycles. The Morgan fingerprint density at radius 1 is 1.40 bits per heavy atom. The van der Waals surface area contributed by atoms with E-state index in [0.29, 0.717) is 5.54 Å². The Morgan fingerprint density at radius 3 is 2.93 bits per heavy atom. The number of nitrogens with zero attached hydrogens (tertiary/aromatic N) is 1. The summed E-state index contributed by atoms with van der Waals surface area (Å²) in [6, 6.07) is 0. The molecular formula is C11H20N2S2. The Bertz CT molecular complexity index is 235. The quantitative estimate of drug-likeness (QED) is 0.773. The summed E-state index contributed by atoms with van der Waals surface area (Å²) >= 11 is 3.80. The van der Waals surface area contributed by atoms with Crippen LogP contribution in [0.25, 0.3) is 0 Å². The van der Waals surface area contributed by atoms with E-state index in [-0.39, 0.29) is 0 Å². The van der Waals surface area contributed by atoms with Crippen molar-refractivity contribution in [2.45, 2.75) is 37.6 Å². The molecule has 0 unspecified atom stereocenters. The second-order valence-corrected chi connectivity index (χ2v) is 6.38. The monoisotopic (exact) mass is 244 g/mol. The molecule has 0 radical (unpaired) electrons. The number of amidine groups is 1. The molecule has 0 atom stereocenters. The van der Waals surface area contributed by atoms with Gasteiger partial charge in [-0.3, -0.25) is 4.99 Å². The molecule has 15 heavy (non-hydrogen) atoms. The number of hydrogen-bond donors (Lipinski definition) is 1. The first-order valence-corrected chi connectivity index (χ1v) is 8.17. The predicted octanol–water partition coefficient (Wildman–Crippen LogP) is 2.74. The second kappa shape index (κ2) is 5.48. The van der Waals surface area contributed by atoms with Crippen molar-refractivity contribution in [1.82, 2.24) is 5.32 Å². The van der Waals surface area contributed by atoms with Crippen molar-refractivity contribution >= 4 is 28.7 Å². The minimum Gasteiger partial charge on any atom is -0.359 e. The summed E-state index contributed by atoms with van der Waals surface area (Å²) < 4.78 is 0. The highest BCUT2D eigenvalue weighted by Crippen LogP contribution is 2.35. The Morgan fingerprint density at radius 2 is 2.20 bits per heavy atom. The molecule has 0 aromatic heterocycles. The molecule has 86 valence electrons. The highest BCUT2D eigenvalue weighted by molar-refractivity contribution is 8.14. The number of nitrogens with one attached hydrogen (secondary N) is 1. The van der Waals surface area contributed by atoms with Gasteiger partial charge >= 0.3 is 0 Å². The summed E-state index contributed by atoms with van der Waals surface area (Å²) in [5.74, 6) is 2.38. The van der Waals surface area contributed by atoms with Gasteiger partial charge in [0, 0.05) is 17.0 Å². The summed E-state index contributed by atoms with van der Waals surface area (Å²) in [5.41, 5.74) is 0.418. The van der Waals surface area contributed by atoms with Crippen molar-refractivity contribution in [2.75, 3.05) is 24.3 Å². The van der Waals surface area contributed by atoms with E-state index in [1.54, 1.807) is 0 Å². The summed E-state index contributed by atoms with van der Waals surface area (Å²) in [6.45, 7) is 0.965. The molecule has 1 aliphatic carbocycles. The van der Waals surface area contributed by atoms with E-state index in [2.05, 4.69) is 16.6 Å². The van der Waals surface area contributed by atoms with Crippen LogP contribution in [0.1, 0.15) is 32.1 Å². The minimum atomic E-state index is 0.418. The number of thioether (sulfide) groups is 2. The maximum absolute atomic E-state index is 4.61. The van der Waals surface area contributed by atoms with Gasteiger partial charge in [-0.1, -0.05) is 31.0 Å². The van der Waals surface area contributed by atoms with Crippen LogP contribution in [0.15, 0.2) is 4.99 Å². The van der Waals surface area contributed by atoms with Crippen molar-refractivity contribution in [3.63, 3.8) is 0 Å². The van der Waals surface area contributed by atoms with Crippen molar-refractivity contribution in [2.24, 2.45) is 4.99 Å². The molecule has 4 heteroatoms. The summed E-state index contributed by atoms with van der Waals surface area (Å²) in [7, 11) is 0. The Labute approximate surface area is 101 Å². The van der Waals surface area contributed by atoms with Gasteiger partial charge < -0.3 is 5.32 Å². The highest BCUT2D eigenvalue weighted by atomic mass is 32.2. The van der Waals surface area contributed by atoms with E-state index < -0.39 is 0 Å². The smallest absolute Gasteiger partial charge is 0.157 e. The van der Waals surface area contributed by atoms with E-state index in [4.69, 9.17) is 0 Å². The first kappa shape index (κ1) is 11.6. The molecule has 2 nitrogen and oxygen atoms in total. The molecule has 0 aromatic rings. The molecule has 1 N–H and O–H groups in total. The molecule has 1 heterocycles. The third-order valence-electron chi connectivity index (χ3n) is 3.22. The molecule has 1 saturated heterocycles. The van der Waals surface area contributed by atoms with Crippen LogP contribution < -0.4 is 5.32 Å². The van der Waals surface area contributed by atoms with Crippen molar-refractivity contribution in [3.8, 4) is 0 Å². The van der Waals surface area contributed by atoms with E-state index in [0.717, 1.165) is 12.3 Å². The van der Waals surface area contributed by atoms with Crippen molar-refractivity contribution < 1.29 is 0 Å². The van der Waals surface area contributed by atoms with E-state index in [1.165, 1.54) is 43.0 Å². The third-order valence-corrected chi connectivity index (χ3v) is 5.01. The van der Waals surface area contributed by atoms with Gasteiger partial charge in [0.2, 0.25) is 0 Å². The predicted molar refractivity (Wildman–Crippen MR) is 72.1 cm³/mol. The molecule has 0 aromatic carbocycles. The van der Waals surface area contributed by atoms with Crippen LogP contribution in [0.4, 0.5) is 0 Å². The molecule has 1 spiro atoms. The zero-order valence-electron chi connectivity index (χ0n) is 9.42. The van der Waals surface area contributed by atoms with Crippen LogP contribution in [0.3, 0.4) is 0 Å². The normalized spacial score (nSPS) is 27.1. The molecule has 1 saturated carbocycles. The van der Waals surface area contributed by atoms with Crippen LogP contribution >= 0.6 is 23.5 Å². The van der Waals surface area contributed by atoms with Crippen LogP contribution in [-0.2, 0) is 0 Å². The first-order valence-electron chi connectivity index (χ1n) is 5.79. The SMILES string of the molecule is CSCCN=C1NC2(CCCCC2)CS1. The lowest BCUT2D eigenvalue weighted by atomic mass is 9.83. The average molecular weight is 244 g/mol. The standard InChI is InChI=1S/C11H20N2S2/c1-14-8-7-12-10-13-11(9-15-10)5-3-2-4-6-11/h2-9H2,1H3,(H,12,13). The summed E-state index contributed by atoms with van der Waals surface area (Å²) in [5, 5.41) is 4.87. The average Bonchev–Trinajstić information content (AvgIpc) is 2.63. The fourth-order valence-corrected chi connectivity index (χ4v) is 3.85. The highest BCUT2D eigenvalue weighted by Gasteiger charge is 2.37. The Balaban J connectivity index is 1.85. The largest absolute Gasteiger partial charge is 0.359 e. The van der Waals surface area contributed by atoms with Gasteiger partial charge in [0.25, 0.3) is 0 Å². The van der Waals surface area contributed by atoms with Crippen LogP contribution in [0, 0.1) is 0 Å². The summed E-state index contributed by atoms with van der Waals surface area (Å²) in [4.78, 5) is 4.61. The first-order chi connectivity index (χ1) is 7.35. The van der Waals surface area contributed by atoms with Crippen molar-refractivity contribution in [1.29, 1.82) is 0 Å². The lowest BCUT2D eigenvalue weighted by Gasteiger charge is -2.32. The van der Waals surface area contributed by atoms with Crippen LogP contribution in [-0.4, -0.2) is 35.0 Å². The molecule has 0 bridgehead atoms. The maximum Gasteiger partial charge on any atom is 0.157 e. The van der Waals surface area contributed by atoms with Gasteiger partial charge in [0.1, 0.15) is 0 Å². The molecule has 2 fully saturated rings. The molecular weight excluding hydrogens is 224 g/mol. The van der Waals surface area contributed by atoms with Crippen LogP contribution in [0.5, 0.6) is 0 Å². The fraction of sp³-hybridized carbons (Fsp3) is 0.909. The number of rotatable bonds is 3. The molecule has 2 aliphatic rings. The number of aliphatic imine (C=N–C) groups is 1. The van der Waals surface area contributed by atoms with Gasteiger partial charge in [0.05, 0.1) is 6.54 Å². The van der Waals surface area contributed by atoms with Crippen LogP contribution in [0.2, 0.25) is 0 Å². The van der Waals surface area contributed by atoms with Gasteiger partial charge in [-0.25, -0.2) is 0 Å². The minimum absolute atomic E-state index is 0.418. The topological polar surface area (TPSA) is 24.4 Å². The Kier molecular flexibility index (Phi) is 4.26. The molecule has 0 amide bonds. The third kappa shape index (κ3) is 3.06. The zero-order valence-corrected chi connectivity index (χ0v) is 11.1.